The van der Waals surface area contributed by atoms with Crippen LogP contribution in [0.5, 0.6) is 0 Å². The summed E-state index contributed by atoms with van der Waals surface area (Å²) < 4.78 is 19.9. The number of carboxylic acid groups (broad SMARTS) is 1. The molecule has 2 heterocycles. The molecule has 0 spiro atoms. The molecule has 24 heavy (non-hydrogen) atoms. The zero-order valence-corrected chi connectivity index (χ0v) is 13.1. The van der Waals surface area contributed by atoms with Crippen LogP contribution in [0.4, 0.5) is 4.39 Å². The number of rotatable bonds is 3. The lowest BCUT2D eigenvalue weighted by atomic mass is 10.1. The van der Waals surface area contributed by atoms with E-state index in [0.29, 0.717) is 12.3 Å². The van der Waals surface area contributed by atoms with Gasteiger partial charge in [0, 0.05) is 19.3 Å². The third-order valence-corrected chi connectivity index (χ3v) is 4.16. The predicted molar refractivity (Wildman–Crippen MR) is 84.1 cm³/mol. The highest BCUT2D eigenvalue weighted by atomic mass is 19.1. The number of amides is 1. The van der Waals surface area contributed by atoms with Gasteiger partial charge in [0.15, 0.2) is 6.04 Å². The minimum atomic E-state index is -1.09. The van der Waals surface area contributed by atoms with E-state index in [4.69, 9.17) is 4.74 Å². The third kappa shape index (κ3) is 2.90. The van der Waals surface area contributed by atoms with E-state index in [1.54, 1.807) is 35.9 Å². The van der Waals surface area contributed by atoms with Crippen molar-refractivity contribution < 1.29 is 23.8 Å². The molecule has 3 rings (SSSR count). The Bertz CT molecular complexity index is 769. The highest BCUT2D eigenvalue weighted by Gasteiger charge is 2.34. The van der Waals surface area contributed by atoms with Crippen LogP contribution in [0.1, 0.15) is 10.5 Å². The number of benzene rings is 1. The van der Waals surface area contributed by atoms with Crippen molar-refractivity contribution in [3.63, 3.8) is 0 Å². The van der Waals surface area contributed by atoms with Crippen LogP contribution in [0.15, 0.2) is 36.4 Å². The number of carboxylic acids is 1. The van der Waals surface area contributed by atoms with Crippen LogP contribution in [0.25, 0.3) is 11.3 Å². The summed E-state index contributed by atoms with van der Waals surface area (Å²) >= 11 is 0. The lowest BCUT2D eigenvalue weighted by Crippen LogP contribution is -2.52. The lowest BCUT2D eigenvalue weighted by molar-refractivity contribution is -0.147. The summed E-state index contributed by atoms with van der Waals surface area (Å²) in [6.45, 7) is 0.522. The second kappa shape index (κ2) is 6.45. The maximum Gasteiger partial charge on any atom is 0.328 e. The van der Waals surface area contributed by atoms with Crippen LogP contribution in [0, 0.1) is 5.82 Å². The summed E-state index contributed by atoms with van der Waals surface area (Å²) in [6, 6.07) is 8.39. The van der Waals surface area contributed by atoms with E-state index in [-0.39, 0.29) is 24.9 Å². The molecule has 126 valence electrons. The van der Waals surface area contributed by atoms with Crippen LogP contribution < -0.4 is 0 Å². The molecule has 0 aliphatic carbocycles. The fraction of sp³-hybridized carbons (Fsp3) is 0.294. The highest BCUT2D eigenvalue weighted by molar-refractivity contribution is 5.96. The Kier molecular flexibility index (Phi) is 4.35. The van der Waals surface area contributed by atoms with E-state index < -0.39 is 12.0 Å². The molecule has 0 unspecified atom stereocenters. The lowest BCUT2D eigenvalue weighted by Gasteiger charge is -2.32. The first-order valence-corrected chi connectivity index (χ1v) is 7.52. The number of hydrogen-bond donors (Lipinski definition) is 1. The van der Waals surface area contributed by atoms with Crippen LogP contribution in [-0.4, -0.2) is 52.3 Å². The van der Waals surface area contributed by atoms with Gasteiger partial charge in [-0.05, 0) is 42.0 Å². The molecule has 6 nitrogen and oxygen atoms in total. The third-order valence-electron chi connectivity index (χ3n) is 4.16. The Morgan fingerprint density at radius 1 is 1.21 bits per heavy atom. The Labute approximate surface area is 138 Å². The van der Waals surface area contributed by atoms with E-state index in [1.165, 1.54) is 17.0 Å². The van der Waals surface area contributed by atoms with Gasteiger partial charge in [-0.25, -0.2) is 9.18 Å². The number of ether oxygens (including phenoxy) is 1. The Morgan fingerprint density at radius 3 is 2.58 bits per heavy atom. The number of aliphatic carboxylic acids is 1. The van der Waals surface area contributed by atoms with E-state index >= 15 is 0 Å². The molecule has 7 heteroatoms. The predicted octanol–water partition coefficient (Wildman–Crippen LogP) is 1.76. The van der Waals surface area contributed by atoms with Crippen molar-refractivity contribution in [2.45, 2.75) is 6.04 Å². The topological polar surface area (TPSA) is 71.8 Å². The molecule has 1 aromatic carbocycles. The van der Waals surface area contributed by atoms with Crippen molar-refractivity contribution in [1.29, 1.82) is 0 Å². The van der Waals surface area contributed by atoms with Gasteiger partial charge >= 0.3 is 5.97 Å². The smallest absolute Gasteiger partial charge is 0.328 e. The monoisotopic (exact) mass is 332 g/mol. The van der Waals surface area contributed by atoms with Crippen LogP contribution in [0.2, 0.25) is 0 Å². The van der Waals surface area contributed by atoms with Gasteiger partial charge in [0.2, 0.25) is 0 Å². The second-order valence-electron chi connectivity index (χ2n) is 5.60. The molecule has 1 aromatic heterocycles. The number of carbonyl (C=O) groups is 2. The molecule has 1 aliphatic heterocycles. The van der Waals surface area contributed by atoms with Gasteiger partial charge in [0.1, 0.15) is 11.5 Å². The molecule has 0 saturated carbocycles. The van der Waals surface area contributed by atoms with Crippen molar-refractivity contribution >= 4 is 11.9 Å². The standard InChI is InChI=1S/C17H17FN2O4/c1-19-13(11-2-4-12(18)5-3-11)6-7-14(19)16(21)20-8-9-24-10-15(20)17(22)23/h2-7,15H,8-10H2,1H3,(H,22,23)/t15-/m1/s1. The Balaban J connectivity index is 1.91. The normalized spacial score (nSPS) is 17.8. The van der Waals surface area contributed by atoms with E-state index in [2.05, 4.69) is 0 Å². The van der Waals surface area contributed by atoms with Gasteiger partial charge in [-0.15, -0.1) is 0 Å². The summed E-state index contributed by atoms with van der Waals surface area (Å²) in [5, 5.41) is 9.27. The number of hydrogen-bond acceptors (Lipinski definition) is 3. The SMILES string of the molecule is Cn1c(C(=O)N2CCOC[C@@H]2C(=O)O)ccc1-c1ccc(F)cc1. The summed E-state index contributed by atoms with van der Waals surface area (Å²) in [5.74, 6) is -1.78. The van der Waals surface area contributed by atoms with Crippen molar-refractivity contribution in [2.75, 3.05) is 19.8 Å². The first kappa shape index (κ1) is 16.2. The van der Waals surface area contributed by atoms with Crippen molar-refractivity contribution in [3.8, 4) is 11.3 Å². The van der Waals surface area contributed by atoms with Crippen LogP contribution in [-0.2, 0) is 16.6 Å². The Hall–Kier alpha value is -2.67. The largest absolute Gasteiger partial charge is 0.480 e. The first-order chi connectivity index (χ1) is 11.5. The van der Waals surface area contributed by atoms with Crippen LogP contribution in [0.3, 0.4) is 0 Å². The molecule has 1 N–H and O–H groups in total. The summed E-state index contributed by atoms with van der Waals surface area (Å²) in [6.07, 6.45) is 0. The molecule has 1 atom stereocenters. The quantitative estimate of drug-likeness (QED) is 0.930. The first-order valence-electron chi connectivity index (χ1n) is 7.52. The summed E-state index contributed by atoms with van der Waals surface area (Å²) in [4.78, 5) is 25.4. The maximum absolute atomic E-state index is 13.1. The average molecular weight is 332 g/mol. The average Bonchev–Trinajstić information content (AvgIpc) is 2.96. The summed E-state index contributed by atoms with van der Waals surface area (Å²) in [7, 11) is 1.72. The van der Waals surface area contributed by atoms with Crippen molar-refractivity contribution in [2.24, 2.45) is 7.05 Å². The number of nitrogens with zero attached hydrogens (tertiary/aromatic N) is 2. The molecule has 1 saturated heterocycles. The van der Waals surface area contributed by atoms with E-state index in [1.807, 2.05) is 0 Å². The minimum Gasteiger partial charge on any atom is -0.480 e. The molecule has 2 aromatic rings. The van der Waals surface area contributed by atoms with Crippen molar-refractivity contribution in [1.82, 2.24) is 9.47 Å². The zero-order valence-electron chi connectivity index (χ0n) is 13.1. The number of halogens is 1. The molecular formula is C17H17FN2O4. The zero-order chi connectivity index (χ0) is 17.3. The molecular weight excluding hydrogens is 315 g/mol. The maximum atomic E-state index is 13.1. The van der Waals surface area contributed by atoms with Gasteiger partial charge in [-0.2, -0.15) is 0 Å². The molecule has 0 radical (unpaired) electrons. The Morgan fingerprint density at radius 2 is 1.92 bits per heavy atom. The van der Waals surface area contributed by atoms with Gasteiger partial charge < -0.3 is 19.3 Å². The number of carbonyl (C=O) groups excluding carboxylic acids is 1. The molecule has 0 bridgehead atoms. The van der Waals surface area contributed by atoms with E-state index in [0.717, 1.165) is 11.3 Å². The molecule has 1 amide bonds. The van der Waals surface area contributed by atoms with Crippen LogP contribution >= 0.6 is 0 Å². The number of aromatic nitrogens is 1. The summed E-state index contributed by atoms with van der Waals surface area (Å²) in [5.41, 5.74) is 1.90. The highest BCUT2D eigenvalue weighted by Crippen LogP contribution is 2.23. The minimum absolute atomic E-state index is 0.0175. The van der Waals surface area contributed by atoms with E-state index in [9.17, 15) is 19.1 Å². The fourth-order valence-corrected chi connectivity index (χ4v) is 2.84. The number of morpholine rings is 1. The van der Waals surface area contributed by atoms with Crippen molar-refractivity contribution in [3.05, 3.63) is 47.9 Å². The fourth-order valence-electron chi connectivity index (χ4n) is 2.84. The molecule has 1 aliphatic rings. The van der Waals surface area contributed by atoms with Gasteiger partial charge in [-0.3, -0.25) is 4.79 Å². The second-order valence-corrected chi connectivity index (χ2v) is 5.60. The molecule has 1 fully saturated rings. The van der Waals surface area contributed by atoms with Gasteiger partial charge in [0.05, 0.1) is 13.2 Å². The van der Waals surface area contributed by atoms with Gasteiger partial charge in [-0.1, -0.05) is 0 Å². The van der Waals surface area contributed by atoms with Gasteiger partial charge in [0.25, 0.3) is 5.91 Å².